The minimum Gasteiger partial charge on any atom is -0.396 e. The van der Waals surface area contributed by atoms with Gasteiger partial charge < -0.3 is 15.7 Å². The average molecular weight is 285 g/mol. The van der Waals surface area contributed by atoms with Crippen molar-refractivity contribution in [3.05, 3.63) is 34.9 Å². The first kappa shape index (κ1) is 15.8. The zero-order chi connectivity index (χ0) is 14.3. The molecule has 1 aromatic carbocycles. The van der Waals surface area contributed by atoms with Crippen molar-refractivity contribution in [3.63, 3.8) is 0 Å². The lowest BCUT2D eigenvalue weighted by Crippen LogP contribution is -2.39. The first-order chi connectivity index (χ1) is 9.04. The summed E-state index contributed by atoms with van der Waals surface area (Å²) in [6.45, 7) is 4.55. The predicted molar refractivity (Wildman–Crippen MR) is 77.3 cm³/mol. The number of aliphatic hydroxyl groups is 1. The molecule has 0 heterocycles. The molecule has 0 aliphatic rings. The van der Waals surface area contributed by atoms with Crippen LogP contribution in [0.4, 0.5) is 4.79 Å². The molecule has 4 nitrogen and oxygen atoms in total. The molecule has 0 aromatic heterocycles. The summed E-state index contributed by atoms with van der Waals surface area (Å²) in [6.07, 6.45) is 0.681. The number of rotatable bonds is 6. The van der Waals surface area contributed by atoms with Gasteiger partial charge in [-0.05, 0) is 30.9 Å². The van der Waals surface area contributed by atoms with Crippen LogP contribution in [0, 0.1) is 5.92 Å². The van der Waals surface area contributed by atoms with Gasteiger partial charge in [0.2, 0.25) is 0 Å². The Morgan fingerprint density at radius 2 is 2.05 bits per heavy atom. The van der Waals surface area contributed by atoms with Crippen molar-refractivity contribution in [3.8, 4) is 0 Å². The van der Waals surface area contributed by atoms with Crippen LogP contribution >= 0.6 is 11.6 Å². The summed E-state index contributed by atoms with van der Waals surface area (Å²) in [5.74, 6) is 0.256. The van der Waals surface area contributed by atoms with Crippen molar-refractivity contribution in [1.29, 1.82) is 0 Å². The molecular weight excluding hydrogens is 264 g/mol. The molecule has 0 radical (unpaired) electrons. The Morgan fingerprint density at radius 3 is 2.68 bits per heavy atom. The van der Waals surface area contributed by atoms with Crippen LogP contribution in [0.15, 0.2) is 24.3 Å². The minimum absolute atomic E-state index is 0.139. The van der Waals surface area contributed by atoms with E-state index in [1.807, 2.05) is 32.0 Å². The maximum absolute atomic E-state index is 11.7. The lowest BCUT2D eigenvalue weighted by Gasteiger charge is -2.17. The number of hydrogen-bond acceptors (Lipinski definition) is 2. The normalized spacial score (nSPS) is 13.7. The summed E-state index contributed by atoms with van der Waals surface area (Å²) >= 11 is 6.07. The molecule has 0 spiro atoms. The minimum atomic E-state index is -0.225. The number of carbonyl (C=O) groups is 1. The number of nitrogens with one attached hydrogen (secondary N) is 2. The summed E-state index contributed by atoms with van der Waals surface area (Å²) in [4.78, 5) is 11.7. The average Bonchev–Trinajstić information content (AvgIpc) is 2.37. The van der Waals surface area contributed by atoms with Gasteiger partial charge in [0.25, 0.3) is 0 Å². The SMILES string of the molecule is CC(CCO)CNC(=O)NC(C)c1ccccc1Cl. The van der Waals surface area contributed by atoms with E-state index in [-0.39, 0.29) is 24.6 Å². The number of carbonyl (C=O) groups excluding carboxylic acids is 1. The van der Waals surface area contributed by atoms with Crippen LogP contribution in [0.25, 0.3) is 0 Å². The molecule has 2 amide bonds. The molecule has 0 bridgehead atoms. The second-order valence-corrected chi connectivity index (χ2v) is 5.12. The first-order valence-corrected chi connectivity index (χ1v) is 6.82. The zero-order valence-electron chi connectivity index (χ0n) is 11.3. The quantitative estimate of drug-likeness (QED) is 0.752. The molecule has 3 N–H and O–H groups in total. The van der Waals surface area contributed by atoms with Gasteiger partial charge in [0.05, 0.1) is 6.04 Å². The van der Waals surface area contributed by atoms with E-state index in [2.05, 4.69) is 10.6 Å². The van der Waals surface area contributed by atoms with Crippen LogP contribution < -0.4 is 10.6 Å². The van der Waals surface area contributed by atoms with Crippen LogP contribution in [0.5, 0.6) is 0 Å². The van der Waals surface area contributed by atoms with Crippen molar-refractivity contribution < 1.29 is 9.90 Å². The summed E-state index contributed by atoms with van der Waals surface area (Å²) in [5, 5.41) is 15.0. The van der Waals surface area contributed by atoms with Gasteiger partial charge in [-0.15, -0.1) is 0 Å². The summed E-state index contributed by atoms with van der Waals surface area (Å²) in [6, 6.07) is 7.06. The summed E-state index contributed by atoms with van der Waals surface area (Å²) < 4.78 is 0. The van der Waals surface area contributed by atoms with E-state index in [1.54, 1.807) is 6.07 Å². The Morgan fingerprint density at radius 1 is 1.37 bits per heavy atom. The highest BCUT2D eigenvalue weighted by Gasteiger charge is 2.12. The third-order valence-electron chi connectivity index (χ3n) is 2.95. The maximum Gasteiger partial charge on any atom is 0.315 e. The van der Waals surface area contributed by atoms with Gasteiger partial charge in [-0.1, -0.05) is 36.7 Å². The van der Waals surface area contributed by atoms with E-state index in [0.29, 0.717) is 18.0 Å². The van der Waals surface area contributed by atoms with Crippen LogP contribution in [0.1, 0.15) is 31.9 Å². The number of urea groups is 1. The van der Waals surface area contributed by atoms with Gasteiger partial charge in [-0.3, -0.25) is 0 Å². The largest absolute Gasteiger partial charge is 0.396 e. The Kier molecular flexibility index (Phi) is 6.67. The van der Waals surface area contributed by atoms with Crippen molar-refractivity contribution in [1.82, 2.24) is 10.6 Å². The number of aliphatic hydroxyl groups excluding tert-OH is 1. The molecule has 5 heteroatoms. The predicted octanol–water partition coefficient (Wildman–Crippen LogP) is 2.72. The van der Waals surface area contributed by atoms with E-state index in [4.69, 9.17) is 16.7 Å². The maximum atomic E-state index is 11.7. The Balaban J connectivity index is 2.42. The highest BCUT2D eigenvalue weighted by Crippen LogP contribution is 2.21. The van der Waals surface area contributed by atoms with Gasteiger partial charge in [0, 0.05) is 18.2 Å². The Hall–Kier alpha value is -1.26. The Labute approximate surface area is 119 Å². The van der Waals surface area contributed by atoms with Crippen LogP contribution in [-0.4, -0.2) is 24.3 Å². The first-order valence-electron chi connectivity index (χ1n) is 6.44. The van der Waals surface area contributed by atoms with E-state index in [9.17, 15) is 4.79 Å². The van der Waals surface area contributed by atoms with Gasteiger partial charge in [-0.2, -0.15) is 0 Å². The van der Waals surface area contributed by atoms with Crippen LogP contribution in [0.2, 0.25) is 5.02 Å². The lowest BCUT2D eigenvalue weighted by atomic mass is 10.1. The second kappa shape index (κ2) is 8.02. The summed E-state index contributed by atoms with van der Waals surface area (Å²) in [7, 11) is 0. The van der Waals surface area contributed by atoms with Crippen molar-refractivity contribution >= 4 is 17.6 Å². The van der Waals surface area contributed by atoms with E-state index in [1.165, 1.54) is 0 Å². The molecule has 2 unspecified atom stereocenters. The second-order valence-electron chi connectivity index (χ2n) is 4.72. The standard InChI is InChI=1S/C14H21ClN2O2/c1-10(7-8-18)9-16-14(19)17-11(2)12-5-3-4-6-13(12)15/h3-6,10-11,18H,7-9H2,1-2H3,(H2,16,17,19). The molecule has 0 aliphatic heterocycles. The third kappa shape index (κ3) is 5.49. The van der Waals surface area contributed by atoms with Crippen LogP contribution in [-0.2, 0) is 0 Å². The van der Waals surface area contributed by atoms with Crippen molar-refractivity contribution in [2.75, 3.05) is 13.2 Å². The summed E-state index contributed by atoms with van der Waals surface area (Å²) in [5.41, 5.74) is 0.891. The molecule has 0 saturated carbocycles. The molecule has 0 fully saturated rings. The molecule has 0 aliphatic carbocycles. The van der Waals surface area contributed by atoms with E-state index >= 15 is 0 Å². The molecular formula is C14H21ClN2O2. The number of halogens is 1. The van der Waals surface area contributed by atoms with Crippen LogP contribution in [0.3, 0.4) is 0 Å². The van der Waals surface area contributed by atoms with Gasteiger partial charge in [0.15, 0.2) is 0 Å². The zero-order valence-corrected chi connectivity index (χ0v) is 12.1. The number of benzene rings is 1. The van der Waals surface area contributed by atoms with Gasteiger partial charge in [0.1, 0.15) is 0 Å². The fraction of sp³-hybridized carbons (Fsp3) is 0.500. The third-order valence-corrected chi connectivity index (χ3v) is 3.30. The molecule has 19 heavy (non-hydrogen) atoms. The van der Waals surface area contributed by atoms with Crippen molar-refractivity contribution in [2.24, 2.45) is 5.92 Å². The number of amides is 2. The highest BCUT2D eigenvalue weighted by molar-refractivity contribution is 6.31. The highest BCUT2D eigenvalue weighted by atomic mass is 35.5. The molecule has 1 aromatic rings. The van der Waals surface area contributed by atoms with Gasteiger partial charge >= 0.3 is 6.03 Å². The van der Waals surface area contributed by atoms with Crippen molar-refractivity contribution in [2.45, 2.75) is 26.3 Å². The van der Waals surface area contributed by atoms with E-state index in [0.717, 1.165) is 5.56 Å². The molecule has 1 rings (SSSR count). The Bertz CT molecular complexity index is 412. The smallest absolute Gasteiger partial charge is 0.315 e. The topological polar surface area (TPSA) is 61.4 Å². The lowest BCUT2D eigenvalue weighted by molar-refractivity contribution is 0.231. The fourth-order valence-electron chi connectivity index (χ4n) is 1.74. The fourth-order valence-corrected chi connectivity index (χ4v) is 2.04. The monoisotopic (exact) mass is 284 g/mol. The number of hydrogen-bond donors (Lipinski definition) is 3. The van der Waals surface area contributed by atoms with E-state index < -0.39 is 0 Å². The molecule has 2 atom stereocenters. The molecule has 106 valence electrons. The molecule has 0 saturated heterocycles. The van der Waals surface area contributed by atoms with Gasteiger partial charge in [-0.25, -0.2) is 4.79 Å².